The van der Waals surface area contributed by atoms with Crippen molar-refractivity contribution in [1.82, 2.24) is 10.2 Å². The Hall–Kier alpha value is -1.43. The van der Waals surface area contributed by atoms with Gasteiger partial charge < -0.3 is 15.0 Å². The van der Waals surface area contributed by atoms with Crippen molar-refractivity contribution in [3.05, 3.63) is 50.6 Å². The van der Waals surface area contributed by atoms with Gasteiger partial charge in [-0.05, 0) is 36.4 Å². The maximum atomic E-state index is 11.9. The first-order valence-electron chi connectivity index (χ1n) is 6.66. The Morgan fingerprint density at radius 1 is 1.23 bits per heavy atom. The summed E-state index contributed by atoms with van der Waals surface area (Å²) in [6.45, 7) is 1.35. The van der Waals surface area contributed by atoms with Gasteiger partial charge in [-0.1, -0.05) is 23.2 Å². The molecule has 0 aliphatic rings. The van der Waals surface area contributed by atoms with Gasteiger partial charge in [0.15, 0.2) is 0 Å². The van der Waals surface area contributed by atoms with Gasteiger partial charge in [0.25, 0.3) is 0 Å². The van der Waals surface area contributed by atoms with Crippen LogP contribution in [0.1, 0.15) is 4.88 Å². The molecule has 7 heteroatoms. The van der Waals surface area contributed by atoms with E-state index >= 15 is 0 Å². The lowest BCUT2D eigenvalue weighted by atomic mass is 10.3. The van der Waals surface area contributed by atoms with E-state index in [1.54, 1.807) is 36.2 Å². The molecule has 0 saturated carbocycles. The highest BCUT2D eigenvalue weighted by atomic mass is 35.5. The van der Waals surface area contributed by atoms with Crippen LogP contribution in [0.15, 0.2) is 36.4 Å². The number of benzene rings is 1. The zero-order chi connectivity index (χ0) is 15.9. The Balaban J connectivity index is 1.67. The Morgan fingerprint density at radius 3 is 2.59 bits per heavy atom. The van der Waals surface area contributed by atoms with Crippen molar-refractivity contribution in [2.45, 2.75) is 6.54 Å². The van der Waals surface area contributed by atoms with Crippen LogP contribution >= 0.6 is 34.5 Å². The molecule has 0 unspecified atom stereocenters. The molecule has 0 radical (unpaired) electrons. The average Bonchev–Trinajstić information content (AvgIpc) is 2.90. The minimum atomic E-state index is -0.149. The molecule has 0 aliphatic heterocycles. The summed E-state index contributed by atoms with van der Waals surface area (Å²) in [7, 11) is 1.74. The molecule has 118 valence electrons. The number of hydrogen-bond donors (Lipinski definition) is 1. The van der Waals surface area contributed by atoms with E-state index in [1.807, 2.05) is 12.1 Å². The molecule has 1 heterocycles. The fourth-order valence-electron chi connectivity index (χ4n) is 1.73. The lowest BCUT2D eigenvalue weighted by Gasteiger charge is -2.17. The normalized spacial score (nSPS) is 10.3. The summed E-state index contributed by atoms with van der Waals surface area (Å²) in [4.78, 5) is 14.6. The summed E-state index contributed by atoms with van der Waals surface area (Å²) in [5.74, 6) is 0.722. The molecule has 2 aromatic rings. The zero-order valence-corrected chi connectivity index (χ0v) is 14.3. The number of halogens is 2. The van der Waals surface area contributed by atoms with Gasteiger partial charge in [0, 0.05) is 16.9 Å². The van der Waals surface area contributed by atoms with Crippen molar-refractivity contribution in [3.8, 4) is 5.75 Å². The Labute approximate surface area is 143 Å². The van der Waals surface area contributed by atoms with E-state index in [0.717, 1.165) is 15.0 Å². The largest absolute Gasteiger partial charge is 0.492 e. The number of nitrogens with zero attached hydrogens (tertiary/aromatic N) is 1. The SMILES string of the molecule is CN(Cc1ccc(Cl)s1)C(=O)NCCOc1ccc(Cl)cc1. The zero-order valence-electron chi connectivity index (χ0n) is 12.0. The first kappa shape index (κ1) is 16.9. The molecule has 0 atom stereocenters. The number of rotatable bonds is 6. The Morgan fingerprint density at radius 2 is 1.95 bits per heavy atom. The maximum absolute atomic E-state index is 11.9. The number of carbonyl (C=O) groups is 1. The van der Waals surface area contributed by atoms with Gasteiger partial charge in [-0.2, -0.15) is 0 Å². The summed E-state index contributed by atoms with van der Waals surface area (Å²) >= 11 is 13.1. The van der Waals surface area contributed by atoms with E-state index in [2.05, 4.69) is 5.32 Å². The third-order valence-electron chi connectivity index (χ3n) is 2.83. The quantitative estimate of drug-likeness (QED) is 0.783. The number of amides is 2. The van der Waals surface area contributed by atoms with Crippen LogP contribution in [-0.4, -0.2) is 31.1 Å². The molecule has 2 rings (SSSR count). The number of nitrogens with one attached hydrogen (secondary N) is 1. The van der Waals surface area contributed by atoms with Gasteiger partial charge in [0.05, 0.1) is 17.4 Å². The Bertz CT molecular complexity index is 616. The van der Waals surface area contributed by atoms with E-state index < -0.39 is 0 Å². The first-order chi connectivity index (χ1) is 10.5. The van der Waals surface area contributed by atoms with Gasteiger partial charge in [0.2, 0.25) is 0 Å². The van der Waals surface area contributed by atoms with E-state index in [-0.39, 0.29) is 6.03 Å². The molecule has 1 aromatic carbocycles. The summed E-state index contributed by atoms with van der Waals surface area (Å²) in [6, 6.07) is 10.7. The van der Waals surface area contributed by atoms with Gasteiger partial charge in [-0.25, -0.2) is 4.79 Å². The van der Waals surface area contributed by atoms with Gasteiger partial charge >= 0.3 is 6.03 Å². The average molecular weight is 359 g/mol. The number of thiophene rings is 1. The van der Waals surface area contributed by atoms with Crippen LogP contribution in [0.4, 0.5) is 4.79 Å². The molecule has 0 aliphatic carbocycles. The minimum absolute atomic E-state index is 0.149. The molecular formula is C15H16Cl2N2O2S. The van der Waals surface area contributed by atoms with Crippen molar-refractivity contribution < 1.29 is 9.53 Å². The second-order valence-electron chi connectivity index (χ2n) is 4.60. The first-order valence-corrected chi connectivity index (χ1v) is 8.23. The van der Waals surface area contributed by atoms with Crippen LogP contribution < -0.4 is 10.1 Å². The second kappa shape index (κ2) is 8.27. The van der Waals surface area contributed by atoms with Crippen LogP contribution in [0, 0.1) is 0 Å². The second-order valence-corrected chi connectivity index (χ2v) is 6.83. The molecule has 1 N–H and O–H groups in total. The smallest absolute Gasteiger partial charge is 0.317 e. The van der Waals surface area contributed by atoms with Crippen LogP contribution in [0.2, 0.25) is 9.36 Å². The molecule has 22 heavy (non-hydrogen) atoms. The summed E-state index contributed by atoms with van der Waals surface area (Å²) in [5, 5.41) is 3.46. The van der Waals surface area contributed by atoms with E-state index in [9.17, 15) is 4.79 Å². The lowest BCUT2D eigenvalue weighted by molar-refractivity contribution is 0.204. The van der Waals surface area contributed by atoms with Crippen molar-refractivity contribution >= 4 is 40.6 Å². The molecule has 0 saturated heterocycles. The van der Waals surface area contributed by atoms with Crippen molar-refractivity contribution in [3.63, 3.8) is 0 Å². The standard InChI is InChI=1S/C15H16Cl2N2O2S/c1-19(10-13-6-7-14(17)22-13)15(20)18-8-9-21-12-4-2-11(16)3-5-12/h2-7H,8-10H2,1H3,(H,18,20). The summed E-state index contributed by atoms with van der Waals surface area (Å²) in [5.41, 5.74) is 0. The van der Waals surface area contributed by atoms with E-state index in [4.69, 9.17) is 27.9 Å². The maximum Gasteiger partial charge on any atom is 0.317 e. The van der Waals surface area contributed by atoms with Crippen molar-refractivity contribution in [2.24, 2.45) is 0 Å². The van der Waals surface area contributed by atoms with E-state index in [0.29, 0.717) is 24.7 Å². The molecule has 0 bridgehead atoms. The van der Waals surface area contributed by atoms with Gasteiger partial charge in [0.1, 0.15) is 12.4 Å². The minimum Gasteiger partial charge on any atom is -0.492 e. The van der Waals surface area contributed by atoms with E-state index in [1.165, 1.54) is 11.3 Å². The topological polar surface area (TPSA) is 41.6 Å². The van der Waals surface area contributed by atoms with Gasteiger partial charge in [-0.3, -0.25) is 0 Å². The number of urea groups is 1. The molecular weight excluding hydrogens is 343 g/mol. The Kier molecular flexibility index (Phi) is 6.36. The molecule has 0 spiro atoms. The highest BCUT2D eigenvalue weighted by Gasteiger charge is 2.09. The van der Waals surface area contributed by atoms with Crippen LogP contribution in [0.25, 0.3) is 0 Å². The summed E-state index contributed by atoms with van der Waals surface area (Å²) < 4.78 is 6.23. The monoisotopic (exact) mass is 358 g/mol. The van der Waals surface area contributed by atoms with Crippen molar-refractivity contribution in [2.75, 3.05) is 20.2 Å². The predicted octanol–water partition coefficient (Wildman–Crippen LogP) is 4.28. The lowest BCUT2D eigenvalue weighted by Crippen LogP contribution is -2.38. The number of hydrogen-bond acceptors (Lipinski definition) is 3. The summed E-state index contributed by atoms with van der Waals surface area (Å²) in [6.07, 6.45) is 0. The number of ether oxygens (including phenoxy) is 1. The number of carbonyl (C=O) groups excluding carboxylic acids is 1. The molecule has 2 amide bonds. The highest BCUT2D eigenvalue weighted by molar-refractivity contribution is 7.16. The molecule has 1 aromatic heterocycles. The molecule has 0 fully saturated rings. The molecule has 4 nitrogen and oxygen atoms in total. The van der Waals surface area contributed by atoms with Crippen LogP contribution in [0.5, 0.6) is 5.75 Å². The fraction of sp³-hybridized carbons (Fsp3) is 0.267. The van der Waals surface area contributed by atoms with Gasteiger partial charge in [-0.15, -0.1) is 11.3 Å². The predicted molar refractivity (Wildman–Crippen MR) is 91.1 cm³/mol. The van der Waals surface area contributed by atoms with Crippen molar-refractivity contribution in [1.29, 1.82) is 0 Å². The third-order valence-corrected chi connectivity index (χ3v) is 4.30. The fourth-order valence-corrected chi connectivity index (χ4v) is 3.00. The highest BCUT2D eigenvalue weighted by Crippen LogP contribution is 2.22. The van der Waals surface area contributed by atoms with Crippen LogP contribution in [-0.2, 0) is 6.54 Å². The van der Waals surface area contributed by atoms with Crippen LogP contribution in [0.3, 0.4) is 0 Å². The third kappa shape index (κ3) is 5.40.